The predicted octanol–water partition coefficient (Wildman–Crippen LogP) is 1.63. The minimum absolute atomic E-state index is 0.0188. The molecule has 112 valence electrons. The molecule has 2 aliphatic rings. The average molecular weight is 294 g/mol. The highest BCUT2D eigenvalue weighted by atomic mass is 16.1. The van der Waals surface area contributed by atoms with Crippen molar-refractivity contribution in [3.8, 4) is 6.07 Å². The Labute approximate surface area is 129 Å². The topological polar surface area (TPSA) is 60.5 Å². The van der Waals surface area contributed by atoms with E-state index >= 15 is 0 Å². The number of pyridine rings is 1. The van der Waals surface area contributed by atoms with E-state index in [0.717, 1.165) is 24.4 Å². The van der Waals surface area contributed by atoms with Gasteiger partial charge in [-0.1, -0.05) is 0 Å². The van der Waals surface area contributed by atoms with Crippen molar-refractivity contribution in [2.45, 2.75) is 18.9 Å². The van der Waals surface area contributed by atoms with Crippen LogP contribution in [0.3, 0.4) is 0 Å². The van der Waals surface area contributed by atoms with Gasteiger partial charge >= 0.3 is 0 Å². The third kappa shape index (κ3) is 2.26. The Morgan fingerprint density at radius 1 is 1.32 bits per heavy atom. The van der Waals surface area contributed by atoms with Crippen LogP contribution in [-0.2, 0) is 0 Å². The van der Waals surface area contributed by atoms with Crippen LogP contribution >= 0.6 is 0 Å². The van der Waals surface area contributed by atoms with Crippen molar-refractivity contribution in [2.75, 3.05) is 19.6 Å². The maximum Gasteiger partial charge on any atom is 0.251 e. The molecule has 2 bridgehead atoms. The summed E-state index contributed by atoms with van der Waals surface area (Å²) < 4.78 is 1.79. The molecule has 2 aromatic rings. The summed E-state index contributed by atoms with van der Waals surface area (Å²) in [5.41, 5.74) is 2.11. The van der Waals surface area contributed by atoms with Gasteiger partial charge in [-0.25, -0.2) is 0 Å². The first-order chi connectivity index (χ1) is 10.7. The molecular formula is C17H18N4O. The second kappa shape index (κ2) is 5.15. The van der Waals surface area contributed by atoms with E-state index in [1.807, 2.05) is 12.1 Å². The Kier molecular flexibility index (Phi) is 3.12. The SMILES string of the molecule is N#Cc1ccc2cc(C(=O)N[C@@H]3CC4CCN(C4)C3)ccn12. The maximum atomic E-state index is 12.5. The molecule has 4 rings (SSSR count). The highest BCUT2D eigenvalue weighted by Gasteiger charge is 2.32. The van der Waals surface area contributed by atoms with Gasteiger partial charge in [0, 0.05) is 36.4 Å². The molecule has 3 atom stereocenters. The lowest BCUT2D eigenvalue weighted by atomic mass is 9.96. The molecule has 2 saturated heterocycles. The van der Waals surface area contributed by atoms with Crippen LogP contribution in [-0.4, -0.2) is 40.9 Å². The number of carbonyl (C=O) groups is 1. The molecule has 0 radical (unpaired) electrons. The number of piperidine rings is 1. The normalized spacial score (nSPS) is 26.8. The first kappa shape index (κ1) is 13.4. The molecule has 2 aliphatic heterocycles. The van der Waals surface area contributed by atoms with Crippen LogP contribution in [0.4, 0.5) is 0 Å². The van der Waals surface area contributed by atoms with E-state index in [4.69, 9.17) is 5.26 Å². The lowest BCUT2D eigenvalue weighted by Crippen LogP contribution is -2.47. The number of nitrogens with zero attached hydrogens (tertiary/aromatic N) is 3. The molecule has 2 unspecified atom stereocenters. The van der Waals surface area contributed by atoms with Crippen LogP contribution in [0.1, 0.15) is 28.9 Å². The van der Waals surface area contributed by atoms with Crippen molar-refractivity contribution in [1.29, 1.82) is 5.26 Å². The average Bonchev–Trinajstić information content (AvgIpc) is 3.09. The lowest BCUT2D eigenvalue weighted by molar-refractivity contribution is 0.0909. The van der Waals surface area contributed by atoms with Gasteiger partial charge in [-0.3, -0.25) is 4.79 Å². The summed E-state index contributed by atoms with van der Waals surface area (Å²) in [7, 11) is 0. The molecule has 1 N–H and O–H groups in total. The summed E-state index contributed by atoms with van der Waals surface area (Å²) in [6.45, 7) is 3.33. The summed E-state index contributed by atoms with van der Waals surface area (Å²) in [6, 6.07) is 9.64. The number of hydrogen-bond donors (Lipinski definition) is 1. The second-order valence-corrected chi connectivity index (χ2v) is 6.36. The van der Waals surface area contributed by atoms with E-state index in [-0.39, 0.29) is 11.9 Å². The van der Waals surface area contributed by atoms with E-state index in [1.165, 1.54) is 19.5 Å². The van der Waals surface area contributed by atoms with Gasteiger partial charge in [-0.15, -0.1) is 0 Å². The van der Waals surface area contributed by atoms with Crippen LogP contribution in [0.5, 0.6) is 0 Å². The smallest absolute Gasteiger partial charge is 0.251 e. The highest BCUT2D eigenvalue weighted by molar-refractivity contribution is 5.95. The molecule has 22 heavy (non-hydrogen) atoms. The third-order valence-electron chi connectivity index (χ3n) is 4.83. The quantitative estimate of drug-likeness (QED) is 0.916. The largest absolute Gasteiger partial charge is 0.348 e. The molecule has 0 aromatic carbocycles. The Morgan fingerprint density at radius 2 is 2.23 bits per heavy atom. The summed E-state index contributed by atoms with van der Waals surface area (Å²) in [6.07, 6.45) is 4.14. The van der Waals surface area contributed by atoms with Crippen molar-refractivity contribution in [2.24, 2.45) is 5.92 Å². The summed E-state index contributed by atoms with van der Waals surface area (Å²) in [4.78, 5) is 14.9. The zero-order chi connectivity index (χ0) is 15.1. The standard InChI is InChI=1S/C17H18N4O/c18-9-16-2-1-15-8-13(4-6-21(15)16)17(22)19-14-7-12-3-5-20(10-12)11-14/h1-2,4,6,8,12,14H,3,5,7,10-11H2,(H,19,22)/t12?,14-/m1/s1. The van der Waals surface area contributed by atoms with Crippen LogP contribution in [0.2, 0.25) is 0 Å². The Morgan fingerprint density at radius 3 is 3.05 bits per heavy atom. The van der Waals surface area contributed by atoms with Crippen molar-refractivity contribution < 1.29 is 4.79 Å². The molecule has 5 nitrogen and oxygen atoms in total. The highest BCUT2D eigenvalue weighted by Crippen LogP contribution is 2.26. The van der Waals surface area contributed by atoms with E-state index < -0.39 is 0 Å². The van der Waals surface area contributed by atoms with Crippen LogP contribution in [0, 0.1) is 17.2 Å². The van der Waals surface area contributed by atoms with Gasteiger partial charge in [0.1, 0.15) is 11.8 Å². The van der Waals surface area contributed by atoms with Gasteiger partial charge in [-0.2, -0.15) is 5.26 Å². The van der Waals surface area contributed by atoms with E-state index in [2.05, 4.69) is 16.3 Å². The molecule has 4 heterocycles. The fourth-order valence-electron chi connectivity index (χ4n) is 3.78. The van der Waals surface area contributed by atoms with Gasteiger partial charge in [0.25, 0.3) is 5.91 Å². The first-order valence-electron chi connectivity index (χ1n) is 7.77. The Bertz CT molecular complexity index is 761. The number of aromatic nitrogens is 1. The number of fused-ring (bicyclic) bond motifs is 3. The number of rotatable bonds is 2. The van der Waals surface area contributed by atoms with E-state index in [1.54, 1.807) is 22.7 Å². The number of hydrogen-bond acceptors (Lipinski definition) is 3. The third-order valence-corrected chi connectivity index (χ3v) is 4.83. The van der Waals surface area contributed by atoms with Crippen LogP contribution in [0.15, 0.2) is 30.5 Å². The summed E-state index contributed by atoms with van der Waals surface area (Å²) >= 11 is 0. The van der Waals surface area contributed by atoms with Crippen molar-refractivity contribution in [1.82, 2.24) is 14.6 Å². The van der Waals surface area contributed by atoms with Gasteiger partial charge in [0.05, 0.1) is 0 Å². The second-order valence-electron chi connectivity index (χ2n) is 6.36. The molecule has 0 aliphatic carbocycles. The molecule has 0 saturated carbocycles. The minimum Gasteiger partial charge on any atom is -0.348 e. The number of amides is 1. The van der Waals surface area contributed by atoms with Crippen molar-refractivity contribution in [3.63, 3.8) is 0 Å². The molecule has 5 heteroatoms. The lowest BCUT2D eigenvalue weighted by Gasteiger charge is -2.30. The number of nitriles is 1. The first-order valence-corrected chi connectivity index (χ1v) is 7.77. The minimum atomic E-state index is -0.0188. The van der Waals surface area contributed by atoms with E-state index in [0.29, 0.717) is 11.3 Å². The molecule has 1 amide bonds. The summed E-state index contributed by atoms with van der Waals surface area (Å²) in [5.74, 6) is 0.722. The fourth-order valence-corrected chi connectivity index (χ4v) is 3.78. The van der Waals surface area contributed by atoms with Crippen LogP contribution in [0.25, 0.3) is 5.52 Å². The van der Waals surface area contributed by atoms with Crippen molar-refractivity contribution in [3.05, 3.63) is 41.7 Å². The van der Waals surface area contributed by atoms with Gasteiger partial charge in [0.2, 0.25) is 0 Å². The summed E-state index contributed by atoms with van der Waals surface area (Å²) in [5, 5.41) is 12.2. The van der Waals surface area contributed by atoms with Gasteiger partial charge in [-0.05, 0) is 49.6 Å². The molecular weight excluding hydrogens is 276 g/mol. The number of carbonyl (C=O) groups excluding carboxylic acids is 1. The molecule has 2 fully saturated rings. The zero-order valence-corrected chi connectivity index (χ0v) is 12.3. The predicted molar refractivity (Wildman–Crippen MR) is 82.5 cm³/mol. The zero-order valence-electron chi connectivity index (χ0n) is 12.3. The Balaban J connectivity index is 1.52. The monoisotopic (exact) mass is 294 g/mol. The Hall–Kier alpha value is -2.32. The fraction of sp³-hybridized carbons (Fsp3) is 0.412. The van der Waals surface area contributed by atoms with Crippen molar-refractivity contribution >= 4 is 11.4 Å². The van der Waals surface area contributed by atoms with E-state index in [9.17, 15) is 4.79 Å². The maximum absolute atomic E-state index is 12.5. The molecule has 2 aromatic heterocycles. The van der Waals surface area contributed by atoms with Gasteiger partial charge in [0.15, 0.2) is 0 Å². The number of nitrogens with one attached hydrogen (secondary N) is 1. The molecule has 0 spiro atoms. The van der Waals surface area contributed by atoms with Crippen LogP contribution < -0.4 is 5.32 Å². The van der Waals surface area contributed by atoms with Gasteiger partial charge < -0.3 is 14.6 Å².